The van der Waals surface area contributed by atoms with Crippen LogP contribution < -0.4 is 11.1 Å². The number of allylic oxidation sites excluding steroid dienone is 2. The molecule has 0 fully saturated rings. The standard InChI is InChI=1S/C16H11ClN2O2.C8H7N/c17-13-14(19-10-7-5-9(18)6-8-10)16(21)12-4-2-1-3-11(12)15(13)20;1-2-4-8-7(3-1)5-6-9-8/h1-8,19H,18H2;1-6,9H. The minimum absolute atomic E-state index is 0.0881. The number of para-hydroxylation sites is 1. The summed E-state index contributed by atoms with van der Waals surface area (Å²) in [6.45, 7) is 0. The molecule has 1 aromatic heterocycles. The number of nitrogen functional groups attached to an aromatic ring is 1. The van der Waals surface area contributed by atoms with E-state index in [2.05, 4.69) is 28.5 Å². The van der Waals surface area contributed by atoms with Gasteiger partial charge < -0.3 is 16.0 Å². The molecule has 0 spiro atoms. The number of fused-ring (bicyclic) bond motifs is 2. The fourth-order valence-corrected chi connectivity index (χ4v) is 3.40. The van der Waals surface area contributed by atoms with Gasteiger partial charge in [0.2, 0.25) is 11.6 Å². The highest BCUT2D eigenvalue weighted by atomic mass is 35.5. The number of halogens is 1. The van der Waals surface area contributed by atoms with Crippen LogP contribution in [0.25, 0.3) is 10.9 Å². The Labute approximate surface area is 178 Å². The lowest BCUT2D eigenvalue weighted by molar-refractivity contribution is 0.0982. The van der Waals surface area contributed by atoms with Crippen LogP contribution in [0.1, 0.15) is 20.7 Å². The molecule has 4 N–H and O–H groups in total. The number of Topliss-reactive ketones (excluding diaryl/α,β-unsaturated/α-hetero) is 2. The molecule has 1 heterocycles. The molecule has 0 bridgehead atoms. The van der Waals surface area contributed by atoms with Crippen molar-refractivity contribution in [3.05, 3.63) is 107 Å². The van der Waals surface area contributed by atoms with Crippen LogP contribution in [0.4, 0.5) is 11.4 Å². The van der Waals surface area contributed by atoms with Gasteiger partial charge in [0.1, 0.15) is 10.7 Å². The molecule has 3 aromatic carbocycles. The zero-order valence-corrected chi connectivity index (χ0v) is 16.6. The molecule has 0 amide bonds. The molecular weight excluding hydrogens is 398 g/mol. The summed E-state index contributed by atoms with van der Waals surface area (Å²) < 4.78 is 0. The minimum Gasteiger partial charge on any atom is -0.399 e. The molecule has 0 saturated carbocycles. The third kappa shape index (κ3) is 3.83. The summed E-state index contributed by atoms with van der Waals surface area (Å²) in [5.41, 5.74) is 8.83. The number of nitrogens with two attached hydrogens (primary N) is 1. The number of hydrogen-bond donors (Lipinski definition) is 3. The number of nitrogens with one attached hydrogen (secondary N) is 2. The van der Waals surface area contributed by atoms with Crippen LogP contribution >= 0.6 is 11.6 Å². The van der Waals surface area contributed by atoms with Gasteiger partial charge in [0.25, 0.3) is 0 Å². The Bertz CT molecular complexity index is 1240. The lowest BCUT2D eigenvalue weighted by Gasteiger charge is -2.18. The second-order valence-electron chi connectivity index (χ2n) is 6.70. The molecule has 0 saturated heterocycles. The van der Waals surface area contributed by atoms with Crippen molar-refractivity contribution in [3.8, 4) is 0 Å². The van der Waals surface area contributed by atoms with Gasteiger partial charge in [0, 0.05) is 34.2 Å². The third-order valence-corrected chi connectivity index (χ3v) is 5.07. The molecule has 0 unspecified atom stereocenters. The van der Waals surface area contributed by atoms with Gasteiger partial charge in [-0.2, -0.15) is 0 Å². The van der Waals surface area contributed by atoms with E-state index in [1.807, 2.05) is 18.3 Å². The largest absolute Gasteiger partial charge is 0.399 e. The first-order valence-corrected chi connectivity index (χ1v) is 9.65. The fourth-order valence-electron chi connectivity index (χ4n) is 3.16. The molecule has 1 aliphatic carbocycles. The maximum Gasteiger partial charge on any atom is 0.211 e. The highest BCUT2D eigenvalue weighted by molar-refractivity contribution is 6.50. The van der Waals surface area contributed by atoms with E-state index in [-0.39, 0.29) is 22.3 Å². The second kappa shape index (κ2) is 8.27. The zero-order chi connectivity index (χ0) is 21.1. The Morgan fingerprint density at radius 1 is 0.767 bits per heavy atom. The molecule has 5 nitrogen and oxygen atoms in total. The van der Waals surface area contributed by atoms with Crippen LogP contribution in [0.15, 0.2) is 95.8 Å². The average molecular weight is 416 g/mol. The van der Waals surface area contributed by atoms with Crippen molar-refractivity contribution in [1.82, 2.24) is 4.98 Å². The van der Waals surface area contributed by atoms with Gasteiger partial charge in [0.05, 0.1) is 0 Å². The van der Waals surface area contributed by atoms with Crippen molar-refractivity contribution >= 4 is 45.4 Å². The quantitative estimate of drug-likeness (QED) is 0.383. The zero-order valence-electron chi connectivity index (χ0n) is 15.9. The Kier molecular flexibility index (Phi) is 5.37. The topological polar surface area (TPSA) is 88.0 Å². The maximum absolute atomic E-state index is 12.5. The summed E-state index contributed by atoms with van der Waals surface area (Å²) in [5, 5.41) is 4.07. The van der Waals surface area contributed by atoms with Crippen molar-refractivity contribution < 1.29 is 9.59 Å². The Balaban J connectivity index is 0.000000200. The highest BCUT2D eigenvalue weighted by Gasteiger charge is 2.31. The molecule has 148 valence electrons. The summed E-state index contributed by atoms with van der Waals surface area (Å²) in [5.74, 6) is -0.656. The van der Waals surface area contributed by atoms with Crippen molar-refractivity contribution in [2.45, 2.75) is 0 Å². The number of rotatable bonds is 2. The first-order chi connectivity index (χ1) is 14.5. The summed E-state index contributed by atoms with van der Waals surface area (Å²) in [6, 6.07) is 23.7. The van der Waals surface area contributed by atoms with Crippen molar-refractivity contribution in [3.63, 3.8) is 0 Å². The van der Waals surface area contributed by atoms with E-state index in [1.165, 1.54) is 10.9 Å². The minimum atomic E-state index is -0.357. The first-order valence-electron chi connectivity index (χ1n) is 9.27. The molecule has 0 aliphatic heterocycles. The van der Waals surface area contributed by atoms with E-state index in [0.29, 0.717) is 22.5 Å². The third-order valence-electron chi connectivity index (χ3n) is 4.70. The van der Waals surface area contributed by atoms with Gasteiger partial charge in [-0.1, -0.05) is 54.1 Å². The van der Waals surface area contributed by atoms with E-state index in [0.717, 1.165) is 0 Å². The van der Waals surface area contributed by atoms with E-state index in [9.17, 15) is 9.59 Å². The molecule has 0 radical (unpaired) electrons. The predicted octanol–water partition coefficient (Wildman–Crippen LogP) is 5.38. The van der Waals surface area contributed by atoms with Gasteiger partial charge >= 0.3 is 0 Å². The molecule has 6 heteroatoms. The summed E-state index contributed by atoms with van der Waals surface area (Å²) in [7, 11) is 0. The Hall–Kier alpha value is -3.83. The van der Waals surface area contributed by atoms with Crippen molar-refractivity contribution in [2.24, 2.45) is 0 Å². The number of carbonyl (C=O) groups excluding carboxylic acids is 2. The number of carbonyl (C=O) groups is 2. The fraction of sp³-hybridized carbons (Fsp3) is 0. The van der Waals surface area contributed by atoms with E-state index >= 15 is 0 Å². The lowest BCUT2D eigenvalue weighted by atomic mass is 9.92. The highest BCUT2D eigenvalue weighted by Crippen LogP contribution is 2.29. The smallest absolute Gasteiger partial charge is 0.211 e. The summed E-state index contributed by atoms with van der Waals surface area (Å²) >= 11 is 6.06. The monoisotopic (exact) mass is 415 g/mol. The number of anilines is 2. The predicted molar refractivity (Wildman–Crippen MR) is 121 cm³/mol. The number of benzene rings is 3. The second-order valence-corrected chi connectivity index (χ2v) is 7.08. The van der Waals surface area contributed by atoms with Crippen LogP contribution in [-0.2, 0) is 0 Å². The Morgan fingerprint density at radius 2 is 1.40 bits per heavy atom. The molecule has 30 heavy (non-hydrogen) atoms. The van der Waals surface area contributed by atoms with Crippen LogP contribution in [-0.4, -0.2) is 16.6 Å². The van der Waals surface area contributed by atoms with E-state index in [4.69, 9.17) is 17.3 Å². The van der Waals surface area contributed by atoms with Crippen molar-refractivity contribution in [1.29, 1.82) is 0 Å². The number of hydrogen-bond acceptors (Lipinski definition) is 4. The molecule has 5 rings (SSSR count). The van der Waals surface area contributed by atoms with Gasteiger partial charge in [0.15, 0.2) is 0 Å². The van der Waals surface area contributed by atoms with Gasteiger partial charge in [-0.05, 0) is 41.8 Å². The maximum atomic E-state index is 12.5. The molecule has 0 atom stereocenters. The number of aromatic nitrogens is 1. The molecular formula is C24H18ClN3O2. The van der Waals surface area contributed by atoms with E-state index in [1.54, 1.807) is 48.5 Å². The SMILES string of the molecule is Nc1ccc(NC2=C(Cl)C(=O)c3ccccc3C2=O)cc1.c1ccc2[nH]ccc2c1. The number of H-pyrrole nitrogens is 1. The lowest BCUT2D eigenvalue weighted by Crippen LogP contribution is -2.24. The van der Waals surface area contributed by atoms with Crippen LogP contribution in [0, 0.1) is 0 Å². The van der Waals surface area contributed by atoms with Gasteiger partial charge in [-0.3, -0.25) is 9.59 Å². The summed E-state index contributed by atoms with van der Waals surface area (Å²) in [4.78, 5) is 27.8. The van der Waals surface area contributed by atoms with E-state index < -0.39 is 0 Å². The van der Waals surface area contributed by atoms with Crippen molar-refractivity contribution in [2.75, 3.05) is 11.1 Å². The summed E-state index contributed by atoms with van der Waals surface area (Å²) in [6.07, 6.45) is 1.95. The van der Waals surface area contributed by atoms with Gasteiger partial charge in [-0.25, -0.2) is 0 Å². The average Bonchev–Trinajstić information content (AvgIpc) is 3.26. The van der Waals surface area contributed by atoms with Crippen LogP contribution in [0.5, 0.6) is 0 Å². The number of ketones is 2. The molecule has 1 aliphatic rings. The molecule has 4 aromatic rings. The van der Waals surface area contributed by atoms with Crippen LogP contribution in [0.3, 0.4) is 0 Å². The van der Waals surface area contributed by atoms with Crippen LogP contribution in [0.2, 0.25) is 0 Å². The van der Waals surface area contributed by atoms with Gasteiger partial charge in [-0.15, -0.1) is 0 Å². The first kappa shape index (κ1) is 19.5. The Morgan fingerprint density at radius 3 is 2.10 bits per heavy atom. The normalized spacial score (nSPS) is 13.0. The number of aromatic amines is 1.